The lowest BCUT2D eigenvalue weighted by atomic mass is 9.60. The maximum atomic E-state index is 9.97. The van der Waals surface area contributed by atoms with Gasteiger partial charge in [0.25, 0.3) is 0 Å². The predicted molar refractivity (Wildman–Crippen MR) is 93.6 cm³/mol. The van der Waals surface area contributed by atoms with Crippen LogP contribution in [-0.4, -0.2) is 29.6 Å². The van der Waals surface area contributed by atoms with Gasteiger partial charge in [-0.1, -0.05) is 25.8 Å². The fraction of sp³-hybridized carbons (Fsp3) is 0.667. The van der Waals surface area contributed by atoms with Crippen LogP contribution in [0, 0.1) is 0 Å². The number of fused-ring (bicyclic) bond motifs is 3. The number of phenols is 1. The van der Waals surface area contributed by atoms with Gasteiger partial charge in [-0.3, -0.25) is 0 Å². The third-order valence-electron chi connectivity index (χ3n) is 5.60. The predicted octanol–water partition coefficient (Wildman–Crippen LogP) is 4.44. The first-order valence-electron chi connectivity index (χ1n) is 8.20. The average molecular weight is 354 g/mol. The Morgan fingerprint density at radius 1 is 1.38 bits per heavy atom. The Morgan fingerprint density at radius 2 is 2.19 bits per heavy atom. The zero-order chi connectivity index (χ0) is 14.2. The van der Waals surface area contributed by atoms with Crippen LogP contribution in [0.1, 0.15) is 56.6 Å². The smallest absolute Gasteiger partial charge is 0.115 e. The quantitative estimate of drug-likeness (QED) is 0.868. The number of likely N-dealkylation sites (tertiary alicyclic amines) is 1. The maximum Gasteiger partial charge on any atom is 0.115 e. The van der Waals surface area contributed by atoms with E-state index in [2.05, 4.69) is 31.0 Å². The molecule has 0 amide bonds. The van der Waals surface area contributed by atoms with Crippen molar-refractivity contribution in [3.63, 3.8) is 0 Å². The molecule has 2 nitrogen and oxygen atoms in total. The van der Waals surface area contributed by atoms with Gasteiger partial charge in [0, 0.05) is 11.5 Å². The second-order valence-corrected chi connectivity index (χ2v) is 6.74. The Balaban J connectivity index is 0.00000161. The molecule has 0 radical (unpaired) electrons. The highest BCUT2D eigenvalue weighted by atomic mass is 79.9. The molecule has 2 aliphatic rings. The second kappa shape index (κ2) is 6.70. The number of piperidine rings is 1. The number of aryl methyl sites for hydroxylation is 1. The van der Waals surface area contributed by atoms with E-state index in [0.717, 1.165) is 0 Å². The van der Waals surface area contributed by atoms with E-state index < -0.39 is 0 Å². The summed E-state index contributed by atoms with van der Waals surface area (Å²) in [6, 6.07) is 6.75. The minimum atomic E-state index is 0. The summed E-state index contributed by atoms with van der Waals surface area (Å²) < 4.78 is 0. The number of phenolic OH excluding ortho intramolecular Hbond substituents is 1. The van der Waals surface area contributed by atoms with Gasteiger partial charge in [-0.15, -0.1) is 17.0 Å². The molecular weight excluding hydrogens is 326 g/mol. The van der Waals surface area contributed by atoms with Crippen LogP contribution in [0.2, 0.25) is 0 Å². The lowest BCUT2D eigenvalue weighted by molar-refractivity contribution is 0.0658. The molecule has 0 unspecified atom stereocenters. The first-order valence-corrected chi connectivity index (χ1v) is 8.20. The van der Waals surface area contributed by atoms with Gasteiger partial charge in [0.15, 0.2) is 0 Å². The Hall–Kier alpha value is -0.540. The van der Waals surface area contributed by atoms with Crippen molar-refractivity contribution >= 4 is 17.0 Å². The van der Waals surface area contributed by atoms with Crippen molar-refractivity contribution in [2.45, 2.75) is 63.3 Å². The Morgan fingerprint density at radius 3 is 2.95 bits per heavy atom. The molecule has 1 aromatic rings. The van der Waals surface area contributed by atoms with E-state index in [0.29, 0.717) is 11.8 Å². The number of nitrogens with zero attached hydrogens (tertiary/aromatic N) is 1. The van der Waals surface area contributed by atoms with Gasteiger partial charge < -0.3 is 10.0 Å². The molecular formula is C18H28BrNO. The van der Waals surface area contributed by atoms with Crippen LogP contribution in [-0.2, 0) is 11.8 Å². The largest absolute Gasteiger partial charge is 0.508 e. The number of hydrogen-bond acceptors (Lipinski definition) is 2. The lowest BCUT2D eigenvalue weighted by Gasteiger charge is -2.53. The summed E-state index contributed by atoms with van der Waals surface area (Å²) in [5.74, 6) is 0.438. The number of benzene rings is 1. The molecule has 1 aliphatic carbocycles. The molecule has 0 aromatic heterocycles. The Kier molecular flexibility index (Phi) is 5.37. The zero-order valence-electron chi connectivity index (χ0n) is 13.3. The van der Waals surface area contributed by atoms with Crippen molar-refractivity contribution in [1.82, 2.24) is 4.90 Å². The minimum absolute atomic E-state index is 0. The van der Waals surface area contributed by atoms with Gasteiger partial charge in [-0.05, 0) is 69.0 Å². The van der Waals surface area contributed by atoms with Crippen molar-refractivity contribution in [2.24, 2.45) is 0 Å². The van der Waals surface area contributed by atoms with Crippen LogP contribution in [0.25, 0.3) is 0 Å². The van der Waals surface area contributed by atoms with E-state index in [1.165, 1.54) is 62.6 Å². The average Bonchev–Trinajstić information content (AvgIpc) is 2.45. The van der Waals surface area contributed by atoms with E-state index in [1.54, 1.807) is 0 Å². The second-order valence-electron chi connectivity index (χ2n) is 6.74. The van der Waals surface area contributed by atoms with Crippen molar-refractivity contribution in [2.75, 3.05) is 13.6 Å². The monoisotopic (exact) mass is 353 g/mol. The normalized spacial score (nSPS) is 28.4. The zero-order valence-corrected chi connectivity index (χ0v) is 15.0. The molecule has 0 bridgehead atoms. The molecule has 0 saturated carbocycles. The maximum absolute atomic E-state index is 9.97. The van der Waals surface area contributed by atoms with E-state index in [-0.39, 0.29) is 22.4 Å². The summed E-state index contributed by atoms with van der Waals surface area (Å²) in [6.45, 7) is 3.51. The third-order valence-corrected chi connectivity index (χ3v) is 5.60. The van der Waals surface area contributed by atoms with E-state index in [4.69, 9.17) is 0 Å². The molecule has 21 heavy (non-hydrogen) atoms. The lowest BCUT2D eigenvalue weighted by Crippen LogP contribution is -2.55. The molecule has 1 aromatic carbocycles. The molecule has 118 valence electrons. The Bertz CT molecular complexity index is 490. The first kappa shape index (κ1) is 16.8. The number of halogens is 1. The highest BCUT2D eigenvalue weighted by Crippen LogP contribution is 2.49. The first-order chi connectivity index (χ1) is 9.67. The van der Waals surface area contributed by atoms with Crippen LogP contribution in [0.4, 0.5) is 0 Å². The van der Waals surface area contributed by atoms with Crippen LogP contribution < -0.4 is 0 Å². The van der Waals surface area contributed by atoms with Gasteiger partial charge in [0.2, 0.25) is 0 Å². The molecule has 2 atom stereocenters. The fourth-order valence-electron chi connectivity index (χ4n) is 4.66. The number of likely N-dealkylation sites (N-methyl/N-ethyl adjacent to an activating group) is 1. The molecule has 1 heterocycles. The summed E-state index contributed by atoms with van der Waals surface area (Å²) in [5, 5.41) is 9.97. The van der Waals surface area contributed by atoms with Crippen LogP contribution in [0.15, 0.2) is 18.2 Å². The molecule has 1 N–H and O–H groups in total. The van der Waals surface area contributed by atoms with Crippen LogP contribution >= 0.6 is 17.0 Å². The van der Waals surface area contributed by atoms with Crippen molar-refractivity contribution in [1.29, 1.82) is 0 Å². The highest BCUT2D eigenvalue weighted by molar-refractivity contribution is 8.93. The highest BCUT2D eigenvalue weighted by Gasteiger charge is 2.47. The molecule has 3 heteroatoms. The van der Waals surface area contributed by atoms with Crippen LogP contribution in [0.5, 0.6) is 5.75 Å². The van der Waals surface area contributed by atoms with E-state index >= 15 is 0 Å². The fourth-order valence-corrected chi connectivity index (χ4v) is 4.66. The number of rotatable bonds is 3. The van der Waals surface area contributed by atoms with Crippen LogP contribution in [0.3, 0.4) is 0 Å². The van der Waals surface area contributed by atoms with Gasteiger partial charge in [0.1, 0.15) is 5.75 Å². The molecule has 1 fully saturated rings. The third kappa shape index (κ3) is 2.87. The number of aromatic hydroxyl groups is 1. The van der Waals surface area contributed by atoms with Gasteiger partial charge >= 0.3 is 0 Å². The topological polar surface area (TPSA) is 23.5 Å². The summed E-state index contributed by atoms with van der Waals surface area (Å²) in [7, 11) is 2.29. The molecule has 1 aliphatic heterocycles. The summed E-state index contributed by atoms with van der Waals surface area (Å²) in [5.41, 5.74) is 3.22. The molecule has 1 saturated heterocycles. The number of unbranched alkanes of at least 4 members (excludes halogenated alkanes) is 1. The van der Waals surface area contributed by atoms with E-state index in [1.807, 2.05) is 6.07 Å². The summed E-state index contributed by atoms with van der Waals surface area (Å²) >= 11 is 0. The molecule has 0 spiro atoms. The number of hydrogen-bond donors (Lipinski definition) is 1. The van der Waals surface area contributed by atoms with Gasteiger partial charge in [0.05, 0.1) is 0 Å². The van der Waals surface area contributed by atoms with Crippen molar-refractivity contribution < 1.29 is 5.11 Å². The van der Waals surface area contributed by atoms with Gasteiger partial charge in [-0.25, -0.2) is 0 Å². The van der Waals surface area contributed by atoms with Gasteiger partial charge in [-0.2, -0.15) is 0 Å². The SMILES string of the molecule is Br.CCCC[C@@]12CCCN(C)[C@@H]1CCc1ccc(O)cc12. The standard InChI is InChI=1S/C18H27NO.BrH/c1-3-4-10-18-11-5-12-19(2)17(18)9-7-14-6-8-15(20)13-16(14)18;/h6,8,13,17,20H,3-5,7,9-12H2,1-2H3;1H/t17-,18+;/m1./s1. The Labute approximate surface area is 139 Å². The molecule has 3 rings (SSSR count). The summed E-state index contributed by atoms with van der Waals surface area (Å²) in [4.78, 5) is 2.58. The van der Waals surface area contributed by atoms with Crippen molar-refractivity contribution in [3.8, 4) is 5.75 Å². The summed E-state index contributed by atoms with van der Waals surface area (Å²) in [6.07, 6.45) is 8.83. The minimum Gasteiger partial charge on any atom is -0.508 e. The van der Waals surface area contributed by atoms with Crippen molar-refractivity contribution in [3.05, 3.63) is 29.3 Å². The van der Waals surface area contributed by atoms with E-state index in [9.17, 15) is 5.11 Å².